The molecule has 22 heavy (non-hydrogen) atoms. The molecule has 1 aliphatic heterocycles. The van der Waals surface area contributed by atoms with Crippen LogP contribution in [0.3, 0.4) is 0 Å². The van der Waals surface area contributed by atoms with Crippen molar-refractivity contribution in [1.29, 1.82) is 0 Å². The Bertz CT molecular complexity index is 499. The number of aromatic nitrogens is 2. The largest absolute Gasteiger partial charge is 0.381 e. The van der Waals surface area contributed by atoms with Crippen LogP contribution in [0.25, 0.3) is 0 Å². The van der Waals surface area contributed by atoms with E-state index in [1.165, 1.54) is 12.8 Å². The van der Waals surface area contributed by atoms with Gasteiger partial charge in [0.15, 0.2) is 0 Å². The van der Waals surface area contributed by atoms with E-state index >= 15 is 0 Å². The fraction of sp³-hybridized carbons (Fsp3) is 0.750. The van der Waals surface area contributed by atoms with Gasteiger partial charge < -0.3 is 18.9 Å². The number of fused-ring (bicyclic) bond motifs is 1. The van der Waals surface area contributed by atoms with Crippen molar-refractivity contribution in [2.24, 2.45) is 11.8 Å². The van der Waals surface area contributed by atoms with Crippen molar-refractivity contribution in [3.63, 3.8) is 0 Å². The highest BCUT2D eigenvalue weighted by atomic mass is 16.5. The molecule has 1 saturated carbocycles. The zero-order chi connectivity index (χ0) is 15.4. The lowest BCUT2D eigenvalue weighted by Gasteiger charge is -2.24. The molecule has 1 aromatic rings. The standard InChI is InChI=1S/C16H25N3O3/c1-2-21-12-16(20)19-8-14(11-22-10-13-3-4-13)7-18-6-5-17-15(18)9-19/h5-6,13-14H,2-4,7-12H2,1H3/t14-/m1/s1. The van der Waals surface area contributed by atoms with Gasteiger partial charge in [0.05, 0.1) is 13.2 Å². The first-order valence-electron chi connectivity index (χ1n) is 8.19. The minimum absolute atomic E-state index is 0.0329. The number of rotatable bonds is 7. The summed E-state index contributed by atoms with van der Waals surface area (Å²) < 4.78 is 13.3. The Morgan fingerprint density at radius 1 is 1.27 bits per heavy atom. The third kappa shape index (κ3) is 4.08. The van der Waals surface area contributed by atoms with Gasteiger partial charge in [-0.3, -0.25) is 4.79 Å². The molecule has 2 aliphatic rings. The highest BCUT2D eigenvalue weighted by Crippen LogP contribution is 2.29. The van der Waals surface area contributed by atoms with Crippen LogP contribution < -0.4 is 0 Å². The van der Waals surface area contributed by atoms with E-state index in [0.29, 0.717) is 32.2 Å². The maximum atomic E-state index is 12.3. The summed E-state index contributed by atoms with van der Waals surface area (Å²) in [5, 5.41) is 0. The van der Waals surface area contributed by atoms with E-state index in [9.17, 15) is 4.79 Å². The Hall–Kier alpha value is -1.40. The number of nitrogens with zero attached hydrogens (tertiary/aromatic N) is 3. The highest BCUT2D eigenvalue weighted by Gasteiger charge is 2.27. The monoisotopic (exact) mass is 307 g/mol. The summed E-state index contributed by atoms with van der Waals surface area (Å²) >= 11 is 0. The molecule has 122 valence electrons. The van der Waals surface area contributed by atoms with Gasteiger partial charge in [-0.05, 0) is 25.7 Å². The van der Waals surface area contributed by atoms with E-state index in [0.717, 1.165) is 24.9 Å². The first kappa shape index (κ1) is 15.5. The molecule has 3 rings (SSSR count). The Balaban J connectivity index is 1.61. The molecular formula is C16H25N3O3. The highest BCUT2D eigenvalue weighted by molar-refractivity contribution is 5.77. The second kappa shape index (κ2) is 7.24. The minimum atomic E-state index is 0.0329. The summed E-state index contributed by atoms with van der Waals surface area (Å²) in [6.07, 6.45) is 6.39. The van der Waals surface area contributed by atoms with Gasteiger partial charge in [0.2, 0.25) is 5.91 Å². The van der Waals surface area contributed by atoms with Gasteiger partial charge >= 0.3 is 0 Å². The van der Waals surface area contributed by atoms with Gasteiger partial charge in [0.1, 0.15) is 12.4 Å². The number of carbonyl (C=O) groups is 1. The van der Waals surface area contributed by atoms with E-state index in [-0.39, 0.29) is 12.5 Å². The van der Waals surface area contributed by atoms with Crippen LogP contribution in [0.5, 0.6) is 0 Å². The predicted molar refractivity (Wildman–Crippen MR) is 81.2 cm³/mol. The van der Waals surface area contributed by atoms with E-state index in [1.807, 2.05) is 18.0 Å². The molecule has 0 unspecified atom stereocenters. The van der Waals surface area contributed by atoms with Crippen molar-refractivity contribution in [3.05, 3.63) is 18.2 Å². The third-order valence-corrected chi connectivity index (χ3v) is 4.25. The average molecular weight is 307 g/mol. The summed E-state index contributed by atoms with van der Waals surface area (Å²) in [5.41, 5.74) is 0. The normalized spacial score (nSPS) is 21.5. The maximum absolute atomic E-state index is 12.3. The lowest BCUT2D eigenvalue weighted by Crippen LogP contribution is -2.37. The van der Waals surface area contributed by atoms with Crippen molar-refractivity contribution >= 4 is 5.91 Å². The number of hydrogen-bond acceptors (Lipinski definition) is 4. The van der Waals surface area contributed by atoms with Gasteiger partial charge in [0, 0.05) is 44.6 Å². The fourth-order valence-corrected chi connectivity index (χ4v) is 2.80. The molecule has 0 N–H and O–H groups in total. The third-order valence-electron chi connectivity index (χ3n) is 4.25. The van der Waals surface area contributed by atoms with Crippen LogP contribution in [0.2, 0.25) is 0 Å². The van der Waals surface area contributed by atoms with Crippen LogP contribution in [0, 0.1) is 11.8 Å². The molecule has 1 fully saturated rings. The van der Waals surface area contributed by atoms with Crippen molar-refractivity contribution in [3.8, 4) is 0 Å². The van der Waals surface area contributed by atoms with Crippen LogP contribution >= 0.6 is 0 Å². The van der Waals surface area contributed by atoms with Crippen LogP contribution in [-0.2, 0) is 27.4 Å². The summed E-state index contributed by atoms with van der Waals surface area (Å²) in [4.78, 5) is 18.5. The molecule has 1 atom stereocenters. The van der Waals surface area contributed by atoms with E-state index in [1.54, 1.807) is 6.20 Å². The first-order chi connectivity index (χ1) is 10.8. The Kier molecular flexibility index (Phi) is 5.10. The molecular weight excluding hydrogens is 282 g/mol. The molecule has 0 spiro atoms. The minimum Gasteiger partial charge on any atom is -0.381 e. The number of amides is 1. The summed E-state index contributed by atoms with van der Waals surface area (Å²) in [6, 6.07) is 0. The van der Waals surface area contributed by atoms with Gasteiger partial charge in [-0.15, -0.1) is 0 Å². The van der Waals surface area contributed by atoms with E-state index < -0.39 is 0 Å². The first-order valence-corrected chi connectivity index (χ1v) is 8.19. The number of imidazole rings is 1. The molecule has 0 bridgehead atoms. The maximum Gasteiger partial charge on any atom is 0.248 e. The second-order valence-electron chi connectivity index (χ2n) is 6.25. The predicted octanol–water partition coefficient (Wildman–Crippen LogP) is 1.30. The van der Waals surface area contributed by atoms with Crippen molar-refractivity contribution in [2.75, 3.05) is 33.0 Å². The van der Waals surface area contributed by atoms with Gasteiger partial charge in [-0.2, -0.15) is 0 Å². The molecule has 6 nitrogen and oxygen atoms in total. The molecule has 0 saturated heterocycles. The van der Waals surface area contributed by atoms with Crippen LogP contribution in [0.4, 0.5) is 0 Å². The number of carbonyl (C=O) groups excluding carboxylic acids is 1. The molecule has 0 aromatic carbocycles. The molecule has 2 heterocycles. The van der Waals surface area contributed by atoms with Crippen LogP contribution in [0.1, 0.15) is 25.6 Å². The smallest absolute Gasteiger partial charge is 0.248 e. The zero-order valence-electron chi connectivity index (χ0n) is 13.2. The van der Waals surface area contributed by atoms with Crippen LogP contribution in [0.15, 0.2) is 12.4 Å². The van der Waals surface area contributed by atoms with Crippen LogP contribution in [-0.4, -0.2) is 53.3 Å². The molecule has 6 heteroatoms. The molecule has 1 amide bonds. The van der Waals surface area contributed by atoms with E-state index in [2.05, 4.69) is 9.55 Å². The SMILES string of the molecule is CCOCC(=O)N1Cc2nccn2C[C@@H](COCC2CC2)C1. The topological polar surface area (TPSA) is 56.6 Å². The quantitative estimate of drug-likeness (QED) is 0.762. The Morgan fingerprint density at radius 2 is 2.09 bits per heavy atom. The lowest BCUT2D eigenvalue weighted by atomic mass is 10.1. The molecule has 0 radical (unpaired) electrons. The van der Waals surface area contributed by atoms with Crippen molar-refractivity contribution in [1.82, 2.24) is 14.5 Å². The zero-order valence-corrected chi connectivity index (χ0v) is 13.2. The molecule has 1 aromatic heterocycles. The van der Waals surface area contributed by atoms with Gasteiger partial charge in [0.25, 0.3) is 0 Å². The second-order valence-corrected chi connectivity index (χ2v) is 6.25. The van der Waals surface area contributed by atoms with Gasteiger partial charge in [-0.25, -0.2) is 4.98 Å². The summed E-state index contributed by atoms with van der Waals surface area (Å²) in [7, 11) is 0. The van der Waals surface area contributed by atoms with Crippen molar-refractivity contribution in [2.45, 2.75) is 32.9 Å². The lowest BCUT2D eigenvalue weighted by molar-refractivity contribution is -0.137. The average Bonchev–Trinajstić information content (AvgIpc) is 3.27. The Morgan fingerprint density at radius 3 is 2.86 bits per heavy atom. The van der Waals surface area contributed by atoms with Gasteiger partial charge in [-0.1, -0.05) is 0 Å². The van der Waals surface area contributed by atoms with E-state index in [4.69, 9.17) is 9.47 Å². The number of ether oxygens (including phenoxy) is 2. The fourth-order valence-electron chi connectivity index (χ4n) is 2.80. The van der Waals surface area contributed by atoms with Crippen molar-refractivity contribution < 1.29 is 14.3 Å². The number of hydrogen-bond donors (Lipinski definition) is 0. The molecule has 1 aliphatic carbocycles. The Labute approximate surface area is 131 Å². The summed E-state index contributed by atoms with van der Waals surface area (Å²) in [5.74, 6) is 2.05. The summed E-state index contributed by atoms with van der Waals surface area (Å²) in [6.45, 7) is 6.29.